The lowest BCUT2D eigenvalue weighted by atomic mass is 10.2. The van der Waals surface area contributed by atoms with E-state index in [1.807, 2.05) is 17.7 Å². The Morgan fingerprint density at radius 2 is 2.06 bits per heavy atom. The van der Waals surface area contributed by atoms with E-state index in [9.17, 15) is 4.39 Å². The molecule has 2 aromatic heterocycles. The Morgan fingerprint density at radius 1 is 1.25 bits per heavy atom. The summed E-state index contributed by atoms with van der Waals surface area (Å²) < 4.78 is 15.1. The molecule has 80 valence electrons. The molecule has 0 saturated carbocycles. The Kier molecular flexibility index (Phi) is 1.68. The van der Waals surface area contributed by atoms with Crippen molar-refractivity contribution in [2.45, 2.75) is 0 Å². The summed E-state index contributed by atoms with van der Waals surface area (Å²) in [5, 5.41) is 2.00. The molecule has 0 saturated heterocycles. The van der Waals surface area contributed by atoms with Gasteiger partial charge in [-0.15, -0.1) is 0 Å². The lowest BCUT2D eigenvalue weighted by Crippen LogP contribution is -1.95. The van der Waals surface area contributed by atoms with Gasteiger partial charge in [0.25, 0.3) is 0 Å². The molecule has 0 aliphatic heterocycles. The van der Waals surface area contributed by atoms with Gasteiger partial charge in [-0.1, -0.05) is 0 Å². The normalized spacial score (nSPS) is 11.4. The summed E-state index contributed by atoms with van der Waals surface area (Å²) in [5.41, 5.74) is 7.51. The van der Waals surface area contributed by atoms with Gasteiger partial charge in [0.1, 0.15) is 11.6 Å². The maximum atomic E-state index is 13.2. The maximum absolute atomic E-state index is 13.2. The van der Waals surface area contributed by atoms with E-state index in [0.717, 1.165) is 21.8 Å². The summed E-state index contributed by atoms with van der Waals surface area (Å²) in [7, 11) is 1.86. The van der Waals surface area contributed by atoms with Crippen LogP contribution in [0.5, 0.6) is 0 Å². The molecule has 0 fully saturated rings. The highest BCUT2D eigenvalue weighted by atomic mass is 19.1. The van der Waals surface area contributed by atoms with E-state index in [1.165, 1.54) is 12.1 Å². The molecule has 16 heavy (non-hydrogen) atoms. The highest BCUT2D eigenvalue weighted by Gasteiger charge is 2.11. The van der Waals surface area contributed by atoms with Crippen LogP contribution < -0.4 is 5.73 Å². The fourth-order valence-corrected chi connectivity index (χ4v) is 2.17. The highest BCUT2D eigenvalue weighted by Crippen LogP contribution is 2.30. The number of fused-ring (bicyclic) bond motifs is 3. The van der Waals surface area contributed by atoms with E-state index >= 15 is 0 Å². The van der Waals surface area contributed by atoms with E-state index in [1.54, 1.807) is 12.3 Å². The summed E-state index contributed by atoms with van der Waals surface area (Å²) >= 11 is 0. The average molecular weight is 215 g/mol. The number of anilines is 1. The monoisotopic (exact) mass is 215 g/mol. The summed E-state index contributed by atoms with van der Waals surface area (Å²) in [6.07, 6.45) is 1.67. The number of benzene rings is 1. The van der Waals surface area contributed by atoms with Crippen LogP contribution >= 0.6 is 0 Å². The quantitative estimate of drug-likeness (QED) is 0.626. The first-order valence-electron chi connectivity index (χ1n) is 4.96. The lowest BCUT2D eigenvalue weighted by Gasteiger charge is -1.99. The van der Waals surface area contributed by atoms with Crippen LogP contribution in [-0.4, -0.2) is 9.55 Å². The molecule has 0 aliphatic rings. The molecule has 0 bridgehead atoms. The molecule has 3 rings (SSSR count). The van der Waals surface area contributed by atoms with Gasteiger partial charge in [0.2, 0.25) is 0 Å². The Labute approximate surface area is 91.3 Å². The predicted molar refractivity (Wildman–Crippen MR) is 62.6 cm³/mol. The van der Waals surface area contributed by atoms with Crippen LogP contribution in [0.15, 0.2) is 30.5 Å². The third kappa shape index (κ3) is 1.04. The van der Waals surface area contributed by atoms with Gasteiger partial charge in [0.15, 0.2) is 0 Å². The Bertz CT molecular complexity index is 700. The van der Waals surface area contributed by atoms with E-state index in [0.29, 0.717) is 5.82 Å². The zero-order valence-electron chi connectivity index (χ0n) is 8.74. The number of aryl methyl sites for hydroxylation is 1. The smallest absolute Gasteiger partial charge is 0.147 e. The van der Waals surface area contributed by atoms with Crippen molar-refractivity contribution >= 4 is 27.6 Å². The van der Waals surface area contributed by atoms with Gasteiger partial charge in [0, 0.05) is 24.0 Å². The van der Waals surface area contributed by atoms with Crippen molar-refractivity contribution in [2.24, 2.45) is 7.05 Å². The van der Waals surface area contributed by atoms with Crippen LogP contribution in [0, 0.1) is 5.82 Å². The molecule has 0 amide bonds. The zero-order valence-corrected chi connectivity index (χ0v) is 8.74. The van der Waals surface area contributed by atoms with Gasteiger partial charge < -0.3 is 10.3 Å². The van der Waals surface area contributed by atoms with Crippen molar-refractivity contribution in [1.82, 2.24) is 9.55 Å². The van der Waals surface area contributed by atoms with Crippen molar-refractivity contribution in [2.75, 3.05) is 5.73 Å². The van der Waals surface area contributed by atoms with E-state index in [4.69, 9.17) is 5.73 Å². The van der Waals surface area contributed by atoms with E-state index < -0.39 is 0 Å². The summed E-state index contributed by atoms with van der Waals surface area (Å²) in [6.45, 7) is 0. The third-order valence-electron chi connectivity index (χ3n) is 2.90. The number of halogens is 1. The van der Waals surface area contributed by atoms with Crippen LogP contribution in [0.3, 0.4) is 0 Å². The molecule has 2 N–H and O–H groups in total. The van der Waals surface area contributed by atoms with Gasteiger partial charge >= 0.3 is 0 Å². The minimum Gasteiger partial charge on any atom is -0.382 e. The molecule has 3 nitrogen and oxygen atoms in total. The summed E-state index contributed by atoms with van der Waals surface area (Å²) in [5.74, 6) is 0.224. The van der Waals surface area contributed by atoms with Gasteiger partial charge in [-0.25, -0.2) is 9.37 Å². The molecule has 0 atom stereocenters. The Hall–Kier alpha value is -2.10. The highest BCUT2D eigenvalue weighted by molar-refractivity contribution is 6.10. The topological polar surface area (TPSA) is 43.8 Å². The molecule has 0 radical (unpaired) electrons. The van der Waals surface area contributed by atoms with Crippen LogP contribution in [-0.2, 0) is 7.05 Å². The van der Waals surface area contributed by atoms with E-state index in [2.05, 4.69) is 4.98 Å². The summed E-state index contributed by atoms with van der Waals surface area (Å²) in [4.78, 5) is 4.05. The second-order valence-electron chi connectivity index (χ2n) is 3.81. The van der Waals surface area contributed by atoms with E-state index in [-0.39, 0.29) is 5.82 Å². The average Bonchev–Trinajstić information content (AvgIpc) is 2.54. The molecular weight excluding hydrogens is 205 g/mol. The fourth-order valence-electron chi connectivity index (χ4n) is 2.17. The van der Waals surface area contributed by atoms with Crippen LogP contribution in [0.4, 0.5) is 10.2 Å². The van der Waals surface area contributed by atoms with Crippen molar-refractivity contribution in [1.29, 1.82) is 0 Å². The molecule has 4 heteroatoms. The fraction of sp³-hybridized carbons (Fsp3) is 0.0833. The number of pyridine rings is 1. The van der Waals surface area contributed by atoms with Crippen molar-refractivity contribution in [3.63, 3.8) is 0 Å². The number of hydrogen-bond acceptors (Lipinski definition) is 2. The Balaban J connectivity index is 2.64. The standard InChI is InChI=1S/C12H10FN3/c1-16-10-6-7(13)2-3-8(10)9-4-5-15-12(14)11(9)16/h2-6H,1H3,(H2,14,15). The maximum Gasteiger partial charge on any atom is 0.147 e. The van der Waals surface area contributed by atoms with Crippen molar-refractivity contribution in [3.05, 3.63) is 36.3 Å². The predicted octanol–water partition coefficient (Wildman–Crippen LogP) is 2.45. The van der Waals surface area contributed by atoms with Crippen LogP contribution in [0.25, 0.3) is 21.8 Å². The number of hydrogen-bond donors (Lipinski definition) is 1. The number of nitrogen functional groups attached to an aromatic ring is 1. The molecule has 0 aliphatic carbocycles. The SMILES string of the molecule is Cn1c2cc(F)ccc2c2ccnc(N)c21. The first-order valence-corrected chi connectivity index (χ1v) is 4.96. The van der Waals surface area contributed by atoms with Gasteiger partial charge in [-0.3, -0.25) is 0 Å². The number of nitrogens with zero attached hydrogens (tertiary/aromatic N) is 2. The van der Waals surface area contributed by atoms with Gasteiger partial charge in [0.05, 0.1) is 11.0 Å². The van der Waals surface area contributed by atoms with Crippen LogP contribution in [0.1, 0.15) is 0 Å². The van der Waals surface area contributed by atoms with Crippen molar-refractivity contribution in [3.8, 4) is 0 Å². The lowest BCUT2D eigenvalue weighted by molar-refractivity contribution is 0.629. The van der Waals surface area contributed by atoms with Crippen molar-refractivity contribution < 1.29 is 4.39 Å². The third-order valence-corrected chi connectivity index (χ3v) is 2.90. The second kappa shape index (κ2) is 2.95. The number of aromatic nitrogens is 2. The molecule has 0 spiro atoms. The van der Waals surface area contributed by atoms with Gasteiger partial charge in [-0.05, 0) is 24.3 Å². The number of rotatable bonds is 0. The van der Waals surface area contributed by atoms with Gasteiger partial charge in [-0.2, -0.15) is 0 Å². The first-order chi connectivity index (χ1) is 7.68. The first kappa shape index (κ1) is 9.15. The molecule has 3 aromatic rings. The second-order valence-corrected chi connectivity index (χ2v) is 3.81. The Morgan fingerprint density at radius 3 is 2.88 bits per heavy atom. The molecule has 2 heterocycles. The molecular formula is C12H10FN3. The zero-order chi connectivity index (χ0) is 11.3. The molecule has 1 aromatic carbocycles. The number of nitrogens with two attached hydrogens (primary N) is 1. The minimum absolute atomic E-state index is 0.245. The van der Waals surface area contributed by atoms with Crippen LogP contribution in [0.2, 0.25) is 0 Å². The minimum atomic E-state index is -0.245. The summed E-state index contributed by atoms with van der Waals surface area (Å²) in [6, 6.07) is 6.63. The largest absolute Gasteiger partial charge is 0.382 e. The molecule has 0 unspecified atom stereocenters.